The lowest BCUT2D eigenvalue weighted by Crippen LogP contribution is -2.44. The van der Waals surface area contributed by atoms with Gasteiger partial charge < -0.3 is 4.74 Å². The molecule has 2 rings (SSSR count). The molecule has 5 heteroatoms. The number of aromatic nitrogens is 1. The van der Waals surface area contributed by atoms with Crippen molar-refractivity contribution in [2.45, 2.75) is 31.8 Å². The van der Waals surface area contributed by atoms with Crippen LogP contribution in [0.3, 0.4) is 0 Å². The van der Waals surface area contributed by atoms with Crippen molar-refractivity contribution in [2.24, 2.45) is 0 Å². The van der Waals surface area contributed by atoms with Gasteiger partial charge in [-0.05, 0) is 37.1 Å². The third-order valence-electron chi connectivity index (χ3n) is 3.26. The first kappa shape index (κ1) is 13.3. The third-order valence-corrected chi connectivity index (χ3v) is 3.47. The molecule has 0 bridgehead atoms. The van der Waals surface area contributed by atoms with E-state index < -0.39 is 0 Å². The number of hydrogen-bond donors (Lipinski definition) is 0. The van der Waals surface area contributed by atoms with E-state index in [0.717, 1.165) is 31.4 Å². The van der Waals surface area contributed by atoms with Gasteiger partial charge in [-0.15, -0.1) is 0 Å². The van der Waals surface area contributed by atoms with Crippen molar-refractivity contribution in [3.63, 3.8) is 0 Å². The summed E-state index contributed by atoms with van der Waals surface area (Å²) in [6, 6.07) is 3.63. The van der Waals surface area contributed by atoms with E-state index in [9.17, 15) is 4.79 Å². The first-order chi connectivity index (χ1) is 8.70. The molecule has 1 aromatic rings. The Morgan fingerprint density at radius 2 is 2.44 bits per heavy atom. The average molecular weight is 269 g/mol. The molecule has 0 saturated carbocycles. The zero-order valence-electron chi connectivity index (χ0n) is 10.4. The Hall–Kier alpha value is -1.13. The fourth-order valence-corrected chi connectivity index (χ4v) is 2.56. The highest BCUT2D eigenvalue weighted by molar-refractivity contribution is 6.29. The summed E-state index contributed by atoms with van der Waals surface area (Å²) >= 11 is 5.87. The molecule has 0 N–H and O–H groups in total. The van der Waals surface area contributed by atoms with Gasteiger partial charge >= 0.3 is 5.97 Å². The zero-order valence-corrected chi connectivity index (χ0v) is 11.2. The molecule has 1 fully saturated rings. The Labute approximate surface area is 112 Å². The lowest BCUT2D eigenvalue weighted by Gasteiger charge is -2.33. The molecule has 1 aliphatic heterocycles. The number of halogens is 1. The maximum absolute atomic E-state index is 11.7. The van der Waals surface area contributed by atoms with E-state index in [1.54, 1.807) is 6.20 Å². The Bertz CT molecular complexity index is 425. The maximum atomic E-state index is 11.7. The van der Waals surface area contributed by atoms with Crippen molar-refractivity contribution in [3.8, 4) is 0 Å². The van der Waals surface area contributed by atoms with Crippen LogP contribution in [0.5, 0.6) is 0 Å². The molecule has 1 saturated heterocycles. The normalized spacial score (nSPS) is 20.7. The van der Waals surface area contributed by atoms with Crippen LogP contribution in [0, 0.1) is 0 Å². The minimum absolute atomic E-state index is 0.129. The number of hydrogen-bond acceptors (Lipinski definition) is 4. The second-order valence-electron chi connectivity index (χ2n) is 4.49. The number of esters is 1. The smallest absolute Gasteiger partial charge is 0.323 e. The molecule has 2 heterocycles. The van der Waals surface area contributed by atoms with Crippen molar-refractivity contribution in [1.82, 2.24) is 9.88 Å². The number of carbonyl (C=O) groups is 1. The summed E-state index contributed by atoms with van der Waals surface area (Å²) in [5.74, 6) is -0.144. The van der Waals surface area contributed by atoms with Gasteiger partial charge in [0.15, 0.2) is 0 Å². The van der Waals surface area contributed by atoms with Gasteiger partial charge in [-0.25, -0.2) is 4.98 Å². The topological polar surface area (TPSA) is 42.4 Å². The van der Waals surface area contributed by atoms with Gasteiger partial charge in [-0.3, -0.25) is 9.69 Å². The molecule has 4 nitrogen and oxygen atoms in total. The quantitative estimate of drug-likeness (QED) is 0.623. The van der Waals surface area contributed by atoms with Gasteiger partial charge in [-0.2, -0.15) is 0 Å². The Balaban J connectivity index is 2.07. The van der Waals surface area contributed by atoms with E-state index >= 15 is 0 Å². The van der Waals surface area contributed by atoms with E-state index in [-0.39, 0.29) is 12.0 Å². The van der Waals surface area contributed by atoms with E-state index in [1.165, 1.54) is 7.11 Å². The second kappa shape index (κ2) is 6.16. The van der Waals surface area contributed by atoms with Crippen LogP contribution >= 0.6 is 11.6 Å². The van der Waals surface area contributed by atoms with E-state index in [2.05, 4.69) is 9.88 Å². The molecule has 0 amide bonds. The van der Waals surface area contributed by atoms with Crippen molar-refractivity contribution in [1.29, 1.82) is 0 Å². The number of pyridine rings is 1. The summed E-state index contributed by atoms with van der Waals surface area (Å²) in [5.41, 5.74) is 1.07. The lowest BCUT2D eigenvalue weighted by atomic mass is 10.0. The number of methoxy groups -OCH3 is 1. The summed E-state index contributed by atoms with van der Waals surface area (Å²) in [5, 5.41) is 0.485. The van der Waals surface area contributed by atoms with E-state index in [1.807, 2.05) is 12.1 Å². The molecule has 1 aliphatic rings. The van der Waals surface area contributed by atoms with Crippen LogP contribution in [0.25, 0.3) is 0 Å². The van der Waals surface area contributed by atoms with Crippen LogP contribution < -0.4 is 0 Å². The van der Waals surface area contributed by atoms with Crippen LogP contribution in [0.15, 0.2) is 18.3 Å². The second-order valence-corrected chi connectivity index (χ2v) is 4.88. The van der Waals surface area contributed by atoms with E-state index in [4.69, 9.17) is 16.3 Å². The predicted molar refractivity (Wildman–Crippen MR) is 69.3 cm³/mol. The largest absolute Gasteiger partial charge is 0.468 e. The fraction of sp³-hybridized carbons (Fsp3) is 0.538. The molecule has 18 heavy (non-hydrogen) atoms. The lowest BCUT2D eigenvalue weighted by molar-refractivity contribution is -0.148. The standard InChI is InChI=1S/C13H17ClN2O2/c1-18-13(17)11-4-2-3-7-16(11)9-10-5-6-15-12(14)8-10/h5-6,8,11H,2-4,7,9H2,1H3. The SMILES string of the molecule is COC(=O)C1CCCCN1Cc1ccnc(Cl)c1. The van der Waals surface area contributed by atoms with Crippen LogP contribution in [0.4, 0.5) is 0 Å². The van der Waals surface area contributed by atoms with Gasteiger partial charge in [0.05, 0.1) is 7.11 Å². The summed E-state index contributed by atoms with van der Waals surface area (Å²) in [6.45, 7) is 1.63. The Morgan fingerprint density at radius 3 is 3.17 bits per heavy atom. The van der Waals surface area contributed by atoms with Crippen molar-refractivity contribution >= 4 is 17.6 Å². The first-order valence-corrected chi connectivity index (χ1v) is 6.51. The van der Waals surface area contributed by atoms with Gasteiger partial charge in [0.1, 0.15) is 11.2 Å². The number of nitrogens with zero attached hydrogens (tertiary/aromatic N) is 2. The van der Waals surface area contributed by atoms with Crippen LogP contribution in [-0.2, 0) is 16.1 Å². The van der Waals surface area contributed by atoms with Crippen molar-refractivity contribution in [2.75, 3.05) is 13.7 Å². The molecule has 1 unspecified atom stereocenters. The predicted octanol–water partition coefficient (Wildman–Crippen LogP) is 2.26. The number of likely N-dealkylation sites (tertiary alicyclic amines) is 1. The maximum Gasteiger partial charge on any atom is 0.323 e. The first-order valence-electron chi connectivity index (χ1n) is 6.13. The summed E-state index contributed by atoms with van der Waals surface area (Å²) in [4.78, 5) is 17.8. The molecular formula is C13H17ClN2O2. The highest BCUT2D eigenvalue weighted by Gasteiger charge is 2.29. The summed E-state index contributed by atoms with van der Waals surface area (Å²) in [6.07, 6.45) is 4.75. The molecule has 1 aromatic heterocycles. The number of carbonyl (C=O) groups excluding carboxylic acids is 1. The minimum atomic E-state index is -0.144. The number of ether oxygens (including phenoxy) is 1. The van der Waals surface area contributed by atoms with Gasteiger partial charge in [0.2, 0.25) is 0 Å². The molecule has 1 atom stereocenters. The number of piperidine rings is 1. The molecule has 98 valence electrons. The van der Waals surface area contributed by atoms with Crippen LogP contribution in [0.1, 0.15) is 24.8 Å². The fourth-order valence-electron chi connectivity index (χ4n) is 2.36. The highest BCUT2D eigenvalue weighted by Crippen LogP contribution is 2.21. The van der Waals surface area contributed by atoms with Crippen LogP contribution in [-0.4, -0.2) is 35.5 Å². The Morgan fingerprint density at radius 1 is 1.61 bits per heavy atom. The van der Waals surface area contributed by atoms with Gasteiger partial charge in [-0.1, -0.05) is 18.0 Å². The molecule has 0 radical (unpaired) electrons. The average Bonchev–Trinajstić information content (AvgIpc) is 2.38. The van der Waals surface area contributed by atoms with Crippen LogP contribution in [0.2, 0.25) is 5.15 Å². The van der Waals surface area contributed by atoms with Gasteiger partial charge in [0, 0.05) is 12.7 Å². The molecule has 0 aromatic carbocycles. The monoisotopic (exact) mass is 268 g/mol. The van der Waals surface area contributed by atoms with Crippen molar-refractivity contribution < 1.29 is 9.53 Å². The van der Waals surface area contributed by atoms with Gasteiger partial charge in [0.25, 0.3) is 0 Å². The minimum Gasteiger partial charge on any atom is -0.468 e. The van der Waals surface area contributed by atoms with E-state index in [0.29, 0.717) is 11.7 Å². The molecular weight excluding hydrogens is 252 g/mol. The summed E-state index contributed by atoms with van der Waals surface area (Å²) < 4.78 is 4.86. The summed E-state index contributed by atoms with van der Waals surface area (Å²) in [7, 11) is 1.44. The van der Waals surface area contributed by atoms with Crippen molar-refractivity contribution in [3.05, 3.63) is 29.0 Å². The zero-order chi connectivity index (χ0) is 13.0. The molecule has 0 spiro atoms. The number of rotatable bonds is 3. The molecule has 0 aliphatic carbocycles. The Kier molecular flexibility index (Phi) is 4.55. The highest BCUT2D eigenvalue weighted by atomic mass is 35.5. The third kappa shape index (κ3) is 3.21.